The fourth-order valence-corrected chi connectivity index (χ4v) is 1.67. The minimum absolute atomic E-state index is 0.218. The van der Waals surface area contributed by atoms with Gasteiger partial charge in [-0.3, -0.25) is 0 Å². The van der Waals surface area contributed by atoms with E-state index in [9.17, 15) is 0 Å². The van der Waals surface area contributed by atoms with E-state index in [4.69, 9.17) is 10.5 Å². The molecule has 82 valence electrons. The fourth-order valence-electron chi connectivity index (χ4n) is 1.67. The summed E-state index contributed by atoms with van der Waals surface area (Å²) in [5.41, 5.74) is 7.30. The highest BCUT2D eigenvalue weighted by Crippen LogP contribution is 2.31. The van der Waals surface area contributed by atoms with Crippen molar-refractivity contribution in [3.05, 3.63) is 29.8 Å². The van der Waals surface area contributed by atoms with Crippen LogP contribution in [-0.4, -0.2) is 12.6 Å². The number of hydrogen-bond acceptors (Lipinski definition) is 2. The first-order valence-electron chi connectivity index (χ1n) is 5.77. The van der Waals surface area contributed by atoms with Crippen LogP contribution in [0.25, 0.3) is 0 Å². The van der Waals surface area contributed by atoms with Crippen molar-refractivity contribution in [3.8, 4) is 5.75 Å². The molecule has 1 aromatic rings. The van der Waals surface area contributed by atoms with Gasteiger partial charge in [-0.1, -0.05) is 19.1 Å². The van der Waals surface area contributed by atoms with Gasteiger partial charge in [0.25, 0.3) is 0 Å². The lowest BCUT2D eigenvalue weighted by atomic mass is 10.2. The molecular formula is C13H19NO. The van der Waals surface area contributed by atoms with Gasteiger partial charge in [0, 0.05) is 6.04 Å². The van der Waals surface area contributed by atoms with Gasteiger partial charge in [0.15, 0.2) is 0 Å². The van der Waals surface area contributed by atoms with E-state index >= 15 is 0 Å². The number of benzene rings is 1. The summed E-state index contributed by atoms with van der Waals surface area (Å²) >= 11 is 0. The number of nitrogens with two attached hydrogens (primary N) is 1. The molecule has 0 saturated heterocycles. The summed E-state index contributed by atoms with van der Waals surface area (Å²) in [5, 5.41) is 0. The van der Waals surface area contributed by atoms with E-state index in [0.29, 0.717) is 12.5 Å². The van der Waals surface area contributed by atoms with E-state index in [1.807, 2.05) is 12.1 Å². The monoisotopic (exact) mass is 205 g/mol. The summed E-state index contributed by atoms with van der Waals surface area (Å²) < 4.78 is 5.64. The maximum atomic E-state index is 5.96. The highest BCUT2D eigenvalue weighted by Gasteiger charge is 2.28. The zero-order valence-corrected chi connectivity index (χ0v) is 9.28. The molecule has 2 nitrogen and oxygen atoms in total. The second kappa shape index (κ2) is 4.67. The Morgan fingerprint density at radius 1 is 1.33 bits per heavy atom. The van der Waals surface area contributed by atoms with E-state index in [1.165, 1.54) is 18.4 Å². The molecule has 2 N–H and O–H groups in total. The zero-order valence-electron chi connectivity index (χ0n) is 9.28. The molecule has 1 atom stereocenters. The van der Waals surface area contributed by atoms with Gasteiger partial charge in [0.1, 0.15) is 12.4 Å². The summed E-state index contributed by atoms with van der Waals surface area (Å²) in [5.74, 6) is 1.64. The summed E-state index contributed by atoms with van der Waals surface area (Å²) in [6.07, 6.45) is 3.63. The largest absolute Gasteiger partial charge is 0.492 e. The fraction of sp³-hybridized carbons (Fsp3) is 0.538. The maximum absolute atomic E-state index is 5.96. The molecule has 0 amide bonds. The van der Waals surface area contributed by atoms with Crippen LogP contribution in [0.5, 0.6) is 5.75 Å². The minimum Gasteiger partial charge on any atom is -0.492 e. The molecule has 0 heterocycles. The predicted octanol–water partition coefficient (Wildman–Crippen LogP) is 2.37. The molecule has 2 heteroatoms. The third-order valence-corrected chi connectivity index (χ3v) is 3.00. The van der Waals surface area contributed by atoms with E-state index < -0.39 is 0 Å². The van der Waals surface area contributed by atoms with Crippen LogP contribution in [0, 0.1) is 5.92 Å². The molecule has 1 unspecified atom stereocenters. The van der Waals surface area contributed by atoms with Gasteiger partial charge >= 0.3 is 0 Å². The van der Waals surface area contributed by atoms with Crippen molar-refractivity contribution >= 4 is 0 Å². The molecule has 1 aliphatic rings. The summed E-state index contributed by atoms with van der Waals surface area (Å²) in [4.78, 5) is 0. The molecule has 1 aliphatic carbocycles. The second-order valence-electron chi connectivity index (χ2n) is 4.31. The SMILES string of the molecule is CCc1ccc(OCC(N)C2CC2)cc1. The summed E-state index contributed by atoms with van der Waals surface area (Å²) in [6.45, 7) is 2.80. The number of rotatable bonds is 5. The van der Waals surface area contributed by atoms with Gasteiger partial charge in [0.05, 0.1) is 0 Å². The molecule has 15 heavy (non-hydrogen) atoms. The lowest BCUT2D eigenvalue weighted by Crippen LogP contribution is -2.29. The number of hydrogen-bond donors (Lipinski definition) is 1. The Morgan fingerprint density at radius 2 is 2.00 bits per heavy atom. The van der Waals surface area contributed by atoms with Crippen LogP contribution in [0.3, 0.4) is 0 Å². The third-order valence-electron chi connectivity index (χ3n) is 3.00. The minimum atomic E-state index is 0.218. The van der Waals surface area contributed by atoms with E-state index in [0.717, 1.165) is 12.2 Å². The quantitative estimate of drug-likeness (QED) is 0.801. The van der Waals surface area contributed by atoms with Crippen LogP contribution in [0.2, 0.25) is 0 Å². The van der Waals surface area contributed by atoms with Gasteiger partial charge in [0.2, 0.25) is 0 Å². The van der Waals surface area contributed by atoms with Crippen LogP contribution in [-0.2, 0) is 6.42 Å². The van der Waals surface area contributed by atoms with Gasteiger partial charge in [-0.15, -0.1) is 0 Å². The van der Waals surface area contributed by atoms with Crippen LogP contribution in [0.1, 0.15) is 25.3 Å². The van der Waals surface area contributed by atoms with Crippen LogP contribution in [0.4, 0.5) is 0 Å². The average molecular weight is 205 g/mol. The second-order valence-corrected chi connectivity index (χ2v) is 4.31. The molecule has 0 radical (unpaired) electrons. The molecule has 0 aromatic heterocycles. The molecule has 2 rings (SSSR count). The molecule has 0 spiro atoms. The Kier molecular flexibility index (Phi) is 3.27. The van der Waals surface area contributed by atoms with E-state index in [1.54, 1.807) is 0 Å². The molecule has 0 aliphatic heterocycles. The molecule has 1 aromatic carbocycles. The van der Waals surface area contributed by atoms with Crippen molar-refractivity contribution in [3.63, 3.8) is 0 Å². The maximum Gasteiger partial charge on any atom is 0.119 e. The van der Waals surface area contributed by atoms with Crippen LogP contribution in [0.15, 0.2) is 24.3 Å². The van der Waals surface area contributed by atoms with E-state index in [2.05, 4.69) is 19.1 Å². The molecule has 1 saturated carbocycles. The van der Waals surface area contributed by atoms with Gasteiger partial charge in [-0.25, -0.2) is 0 Å². The van der Waals surface area contributed by atoms with Crippen molar-refractivity contribution in [2.75, 3.05) is 6.61 Å². The lowest BCUT2D eigenvalue weighted by Gasteiger charge is -2.12. The normalized spacial score (nSPS) is 17.5. The topological polar surface area (TPSA) is 35.2 Å². The zero-order chi connectivity index (χ0) is 10.7. The Hall–Kier alpha value is -1.02. The third kappa shape index (κ3) is 2.96. The highest BCUT2D eigenvalue weighted by atomic mass is 16.5. The Bertz CT molecular complexity index is 303. The van der Waals surface area contributed by atoms with Crippen LogP contribution < -0.4 is 10.5 Å². The predicted molar refractivity (Wildman–Crippen MR) is 62.0 cm³/mol. The standard InChI is InChI=1S/C13H19NO/c1-2-10-3-7-12(8-4-10)15-9-13(14)11-5-6-11/h3-4,7-8,11,13H,2,5-6,9,14H2,1H3. The smallest absolute Gasteiger partial charge is 0.119 e. The molecule has 1 fully saturated rings. The first kappa shape index (κ1) is 10.5. The first-order valence-corrected chi connectivity index (χ1v) is 5.77. The number of ether oxygens (including phenoxy) is 1. The highest BCUT2D eigenvalue weighted by molar-refractivity contribution is 5.27. The van der Waals surface area contributed by atoms with E-state index in [-0.39, 0.29) is 6.04 Å². The summed E-state index contributed by atoms with van der Waals surface area (Å²) in [6, 6.07) is 8.49. The molecular weight excluding hydrogens is 186 g/mol. The average Bonchev–Trinajstić information content (AvgIpc) is 3.10. The van der Waals surface area contributed by atoms with Gasteiger partial charge in [-0.05, 0) is 42.9 Å². The van der Waals surface area contributed by atoms with Crippen molar-refractivity contribution in [2.24, 2.45) is 11.7 Å². The lowest BCUT2D eigenvalue weighted by molar-refractivity contribution is 0.276. The van der Waals surface area contributed by atoms with Crippen molar-refractivity contribution in [1.29, 1.82) is 0 Å². The van der Waals surface area contributed by atoms with Crippen LogP contribution >= 0.6 is 0 Å². The van der Waals surface area contributed by atoms with Gasteiger partial charge < -0.3 is 10.5 Å². The Morgan fingerprint density at radius 3 is 2.53 bits per heavy atom. The molecule has 0 bridgehead atoms. The first-order chi connectivity index (χ1) is 7.29. The van der Waals surface area contributed by atoms with Crippen molar-refractivity contribution in [1.82, 2.24) is 0 Å². The van der Waals surface area contributed by atoms with Crippen molar-refractivity contribution < 1.29 is 4.74 Å². The van der Waals surface area contributed by atoms with Gasteiger partial charge in [-0.2, -0.15) is 0 Å². The number of aryl methyl sites for hydroxylation is 1. The Labute approximate surface area is 91.4 Å². The Balaban J connectivity index is 1.81. The summed E-state index contributed by atoms with van der Waals surface area (Å²) in [7, 11) is 0. The van der Waals surface area contributed by atoms with Crippen molar-refractivity contribution in [2.45, 2.75) is 32.2 Å².